The molecule has 5 heteroatoms. The minimum absolute atomic E-state index is 0.141. The van der Waals surface area contributed by atoms with Gasteiger partial charge in [0, 0.05) is 24.3 Å². The van der Waals surface area contributed by atoms with Gasteiger partial charge in [-0.1, -0.05) is 0 Å². The number of nitrogens with zero attached hydrogens (tertiary/aromatic N) is 1. The fraction of sp³-hybridized carbons (Fsp3) is 0.500. The summed E-state index contributed by atoms with van der Waals surface area (Å²) in [4.78, 5) is 18.0. The molecule has 0 radical (unpaired) electrons. The molecule has 1 amide bonds. The number of thiazole rings is 1. The van der Waals surface area contributed by atoms with Gasteiger partial charge in [-0.15, -0.1) is 11.3 Å². The number of hydrogen-bond acceptors (Lipinski definition) is 4. The van der Waals surface area contributed by atoms with Crippen LogP contribution in [0, 0.1) is 0 Å². The van der Waals surface area contributed by atoms with Crippen LogP contribution in [-0.2, 0) is 30.5 Å². The molecule has 0 spiro atoms. The number of amides is 1. The first-order chi connectivity index (χ1) is 10.3. The maximum absolute atomic E-state index is 11.8. The van der Waals surface area contributed by atoms with E-state index in [1.165, 1.54) is 40.4 Å². The maximum Gasteiger partial charge on any atom is 0.220 e. The molecule has 0 aliphatic heterocycles. The third kappa shape index (κ3) is 4.14. The summed E-state index contributed by atoms with van der Waals surface area (Å²) in [6.45, 7) is 0.703. The third-order valence-electron chi connectivity index (χ3n) is 3.77. The Labute approximate surface area is 133 Å². The van der Waals surface area contributed by atoms with Crippen molar-refractivity contribution >= 4 is 28.6 Å². The van der Waals surface area contributed by atoms with Gasteiger partial charge in [-0.05, 0) is 54.5 Å². The molecule has 0 unspecified atom stereocenters. The van der Waals surface area contributed by atoms with Crippen molar-refractivity contribution in [3.63, 3.8) is 0 Å². The Balaban J connectivity index is 1.39. The highest BCUT2D eigenvalue weighted by Crippen LogP contribution is 2.26. The van der Waals surface area contributed by atoms with Crippen LogP contribution in [0.25, 0.3) is 0 Å². The molecular weight excluding hydrogens is 300 g/mol. The lowest BCUT2D eigenvalue weighted by Gasteiger charge is -2.06. The van der Waals surface area contributed by atoms with Gasteiger partial charge in [-0.25, -0.2) is 4.98 Å². The minimum Gasteiger partial charge on any atom is -0.356 e. The van der Waals surface area contributed by atoms with Crippen LogP contribution in [0.4, 0.5) is 0 Å². The van der Waals surface area contributed by atoms with Crippen molar-refractivity contribution in [2.45, 2.75) is 44.9 Å². The predicted octanol–water partition coefficient (Wildman–Crippen LogP) is 3.37. The highest BCUT2D eigenvalue weighted by Gasteiger charge is 2.14. The Morgan fingerprint density at radius 3 is 3.00 bits per heavy atom. The van der Waals surface area contributed by atoms with Gasteiger partial charge >= 0.3 is 0 Å². The number of carbonyl (C=O) groups is 1. The molecule has 21 heavy (non-hydrogen) atoms. The summed E-state index contributed by atoms with van der Waals surface area (Å²) in [5, 5.41) is 8.34. The molecule has 3 rings (SSSR count). The highest BCUT2D eigenvalue weighted by atomic mass is 32.1. The van der Waals surface area contributed by atoms with E-state index in [4.69, 9.17) is 4.98 Å². The standard InChI is InChI=1S/C16H20N2OS2/c19-15(6-5-12-8-10-20-11-12)17-9-7-16-18-13-3-1-2-4-14(13)21-16/h8,10-11H,1-7,9H2,(H,17,19). The Bertz CT molecular complexity index is 566. The number of fused-ring (bicyclic) bond motifs is 1. The Kier molecular flexibility index (Phi) is 5.04. The van der Waals surface area contributed by atoms with Crippen LogP contribution in [0.15, 0.2) is 16.8 Å². The van der Waals surface area contributed by atoms with Crippen molar-refractivity contribution in [3.8, 4) is 0 Å². The van der Waals surface area contributed by atoms with E-state index in [9.17, 15) is 4.79 Å². The molecule has 1 aliphatic carbocycles. The summed E-state index contributed by atoms with van der Waals surface area (Å²) in [6, 6.07) is 2.08. The Morgan fingerprint density at radius 2 is 2.19 bits per heavy atom. The average molecular weight is 320 g/mol. The molecule has 0 atom stereocenters. The third-order valence-corrected chi connectivity index (χ3v) is 5.72. The number of thiophene rings is 1. The normalized spacial score (nSPS) is 13.9. The van der Waals surface area contributed by atoms with Gasteiger partial charge in [-0.2, -0.15) is 11.3 Å². The number of hydrogen-bond donors (Lipinski definition) is 1. The van der Waals surface area contributed by atoms with E-state index in [2.05, 4.69) is 22.1 Å². The smallest absolute Gasteiger partial charge is 0.220 e. The van der Waals surface area contributed by atoms with Crippen LogP contribution in [0.1, 0.15) is 40.4 Å². The van der Waals surface area contributed by atoms with Crippen molar-refractivity contribution in [3.05, 3.63) is 38.0 Å². The molecule has 1 N–H and O–H groups in total. The van der Waals surface area contributed by atoms with Crippen LogP contribution in [-0.4, -0.2) is 17.4 Å². The maximum atomic E-state index is 11.8. The molecule has 2 aromatic heterocycles. The zero-order chi connectivity index (χ0) is 14.5. The van der Waals surface area contributed by atoms with E-state index >= 15 is 0 Å². The molecule has 0 fully saturated rings. The molecule has 1 aliphatic rings. The number of nitrogens with one attached hydrogen (secondary N) is 1. The first kappa shape index (κ1) is 14.7. The van der Waals surface area contributed by atoms with E-state index in [-0.39, 0.29) is 5.91 Å². The fourth-order valence-corrected chi connectivity index (χ4v) is 4.46. The van der Waals surface area contributed by atoms with Crippen molar-refractivity contribution in [1.29, 1.82) is 0 Å². The van der Waals surface area contributed by atoms with Crippen molar-refractivity contribution in [2.24, 2.45) is 0 Å². The second-order valence-electron chi connectivity index (χ2n) is 5.42. The van der Waals surface area contributed by atoms with E-state index in [0.29, 0.717) is 13.0 Å². The lowest BCUT2D eigenvalue weighted by atomic mass is 10.0. The van der Waals surface area contributed by atoms with Gasteiger partial charge in [0.15, 0.2) is 0 Å². The number of aryl methyl sites for hydroxylation is 3. The van der Waals surface area contributed by atoms with Crippen molar-refractivity contribution in [1.82, 2.24) is 10.3 Å². The van der Waals surface area contributed by atoms with Crippen LogP contribution >= 0.6 is 22.7 Å². The second kappa shape index (κ2) is 7.18. The summed E-state index contributed by atoms with van der Waals surface area (Å²) >= 11 is 3.52. The molecule has 3 nitrogen and oxygen atoms in total. The summed E-state index contributed by atoms with van der Waals surface area (Å²) in [5.74, 6) is 0.141. The largest absolute Gasteiger partial charge is 0.356 e. The van der Waals surface area contributed by atoms with Gasteiger partial charge in [0.05, 0.1) is 10.7 Å². The predicted molar refractivity (Wildman–Crippen MR) is 88.1 cm³/mol. The molecule has 0 aromatic carbocycles. The first-order valence-electron chi connectivity index (χ1n) is 7.56. The lowest BCUT2D eigenvalue weighted by Crippen LogP contribution is -2.25. The number of rotatable bonds is 6. The summed E-state index contributed by atoms with van der Waals surface area (Å²) < 4.78 is 0. The molecule has 0 bridgehead atoms. The quantitative estimate of drug-likeness (QED) is 0.886. The first-order valence-corrected chi connectivity index (χ1v) is 9.32. The average Bonchev–Trinajstić information content (AvgIpc) is 3.14. The molecule has 112 valence electrons. The number of carbonyl (C=O) groups excluding carboxylic acids is 1. The van der Waals surface area contributed by atoms with Gasteiger partial charge in [-0.3, -0.25) is 4.79 Å². The van der Waals surface area contributed by atoms with Crippen LogP contribution in [0.2, 0.25) is 0 Å². The van der Waals surface area contributed by atoms with Gasteiger partial charge in [0.25, 0.3) is 0 Å². The van der Waals surface area contributed by atoms with Gasteiger partial charge in [0.1, 0.15) is 0 Å². The topological polar surface area (TPSA) is 42.0 Å². The molecule has 2 heterocycles. The van der Waals surface area contributed by atoms with Crippen molar-refractivity contribution in [2.75, 3.05) is 6.54 Å². The fourth-order valence-electron chi connectivity index (χ4n) is 2.60. The van der Waals surface area contributed by atoms with Crippen molar-refractivity contribution < 1.29 is 4.79 Å². The molecule has 2 aromatic rings. The summed E-state index contributed by atoms with van der Waals surface area (Å²) in [5.41, 5.74) is 2.56. The van der Waals surface area contributed by atoms with E-state index in [1.54, 1.807) is 11.3 Å². The second-order valence-corrected chi connectivity index (χ2v) is 7.36. The number of aromatic nitrogens is 1. The van der Waals surface area contributed by atoms with Gasteiger partial charge < -0.3 is 5.32 Å². The highest BCUT2D eigenvalue weighted by molar-refractivity contribution is 7.11. The van der Waals surface area contributed by atoms with E-state index < -0.39 is 0 Å². The zero-order valence-electron chi connectivity index (χ0n) is 12.1. The van der Waals surface area contributed by atoms with Crippen LogP contribution in [0.3, 0.4) is 0 Å². The Morgan fingerprint density at radius 1 is 1.29 bits per heavy atom. The van der Waals surface area contributed by atoms with Crippen LogP contribution in [0.5, 0.6) is 0 Å². The SMILES string of the molecule is O=C(CCc1ccsc1)NCCc1nc2c(s1)CCCC2. The molecule has 0 saturated heterocycles. The Hall–Kier alpha value is -1.20. The zero-order valence-corrected chi connectivity index (χ0v) is 13.7. The van der Waals surface area contributed by atoms with Crippen LogP contribution < -0.4 is 5.32 Å². The minimum atomic E-state index is 0.141. The van der Waals surface area contributed by atoms with Gasteiger partial charge in [0.2, 0.25) is 5.91 Å². The monoisotopic (exact) mass is 320 g/mol. The molecule has 0 saturated carbocycles. The summed E-state index contributed by atoms with van der Waals surface area (Å²) in [6.07, 6.45) is 7.18. The van der Waals surface area contributed by atoms with E-state index in [0.717, 1.165) is 19.3 Å². The van der Waals surface area contributed by atoms with E-state index in [1.807, 2.05) is 11.3 Å². The molecular formula is C16H20N2OS2. The lowest BCUT2D eigenvalue weighted by molar-refractivity contribution is -0.121. The summed E-state index contributed by atoms with van der Waals surface area (Å²) in [7, 11) is 0.